The Labute approximate surface area is 151 Å². The second-order valence-corrected chi connectivity index (χ2v) is 6.39. The van der Waals surface area contributed by atoms with Crippen LogP contribution in [0.15, 0.2) is 28.8 Å². The average Bonchev–Trinajstić information content (AvgIpc) is 3.22. The lowest BCUT2D eigenvalue weighted by atomic mass is 10.2. The van der Waals surface area contributed by atoms with E-state index in [0.29, 0.717) is 17.3 Å². The van der Waals surface area contributed by atoms with Crippen molar-refractivity contribution in [3.63, 3.8) is 0 Å². The molecule has 0 N–H and O–H groups in total. The van der Waals surface area contributed by atoms with Crippen molar-refractivity contribution < 1.29 is 17.6 Å². The summed E-state index contributed by atoms with van der Waals surface area (Å²) in [5, 5.41) is 11.2. The molecule has 1 aliphatic rings. The van der Waals surface area contributed by atoms with E-state index in [2.05, 4.69) is 20.3 Å². The molecule has 0 atom stereocenters. The lowest BCUT2D eigenvalue weighted by molar-refractivity contribution is -0.141. The standard InChI is InChI=1S/C16H13ClF3N5O/c17-12-13(9-4-5-9)25(24-14(12)16(18,19)20)8-6-11-22-23-15(26-11)10-3-1-2-7-21-10/h1-3,7,9H,4-6,8H2. The van der Waals surface area contributed by atoms with Gasteiger partial charge in [0.1, 0.15) is 5.69 Å². The van der Waals surface area contributed by atoms with Crippen molar-refractivity contribution in [2.75, 3.05) is 0 Å². The molecule has 3 aromatic rings. The number of pyridine rings is 1. The van der Waals surface area contributed by atoms with Gasteiger partial charge in [0.25, 0.3) is 5.89 Å². The minimum atomic E-state index is -4.58. The summed E-state index contributed by atoms with van der Waals surface area (Å²) < 4.78 is 46.1. The van der Waals surface area contributed by atoms with E-state index in [4.69, 9.17) is 16.0 Å². The van der Waals surface area contributed by atoms with Crippen molar-refractivity contribution in [1.82, 2.24) is 25.0 Å². The molecule has 0 radical (unpaired) electrons. The van der Waals surface area contributed by atoms with Gasteiger partial charge in [-0.15, -0.1) is 10.2 Å². The minimum Gasteiger partial charge on any atom is -0.419 e. The van der Waals surface area contributed by atoms with Crippen LogP contribution in [0.4, 0.5) is 13.2 Å². The highest BCUT2D eigenvalue weighted by Gasteiger charge is 2.42. The molecule has 0 saturated heterocycles. The van der Waals surface area contributed by atoms with Gasteiger partial charge in [-0.2, -0.15) is 18.3 Å². The van der Waals surface area contributed by atoms with Crippen molar-refractivity contribution in [2.45, 2.75) is 37.9 Å². The van der Waals surface area contributed by atoms with Gasteiger partial charge in [-0.25, -0.2) is 0 Å². The minimum absolute atomic E-state index is 0.0258. The molecule has 136 valence electrons. The Kier molecular flexibility index (Phi) is 4.18. The zero-order valence-corrected chi connectivity index (χ0v) is 14.1. The van der Waals surface area contributed by atoms with E-state index in [9.17, 15) is 13.2 Å². The van der Waals surface area contributed by atoms with Gasteiger partial charge in [0.15, 0.2) is 5.69 Å². The Morgan fingerprint density at radius 2 is 2.04 bits per heavy atom. The Morgan fingerprint density at radius 1 is 1.23 bits per heavy atom. The van der Waals surface area contributed by atoms with Gasteiger partial charge in [-0.1, -0.05) is 17.7 Å². The third kappa shape index (κ3) is 3.31. The van der Waals surface area contributed by atoms with Gasteiger partial charge in [-0.05, 0) is 25.0 Å². The van der Waals surface area contributed by atoms with E-state index in [-0.39, 0.29) is 29.8 Å². The third-order valence-electron chi connectivity index (χ3n) is 4.05. The summed E-state index contributed by atoms with van der Waals surface area (Å²) in [7, 11) is 0. The summed E-state index contributed by atoms with van der Waals surface area (Å²) in [6.07, 6.45) is -1.11. The maximum Gasteiger partial charge on any atom is 0.436 e. The maximum atomic E-state index is 13.1. The van der Waals surface area contributed by atoms with Crippen LogP contribution in [0.2, 0.25) is 5.02 Å². The van der Waals surface area contributed by atoms with Crippen LogP contribution in [-0.2, 0) is 19.1 Å². The summed E-state index contributed by atoms with van der Waals surface area (Å²) in [4.78, 5) is 4.11. The quantitative estimate of drug-likeness (QED) is 0.662. The largest absolute Gasteiger partial charge is 0.436 e. The number of halogens is 4. The molecule has 3 aromatic heterocycles. The number of hydrogen-bond donors (Lipinski definition) is 0. The highest BCUT2D eigenvalue weighted by Crippen LogP contribution is 2.46. The lowest BCUT2D eigenvalue weighted by Crippen LogP contribution is -2.10. The van der Waals surface area contributed by atoms with Crippen molar-refractivity contribution in [3.05, 3.63) is 46.7 Å². The van der Waals surface area contributed by atoms with Crippen molar-refractivity contribution >= 4 is 11.6 Å². The third-order valence-corrected chi connectivity index (χ3v) is 4.43. The van der Waals surface area contributed by atoms with Gasteiger partial charge in [0, 0.05) is 18.5 Å². The topological polar surface area (TPSA) is 69.6 Å². The van der Waals surface area contributed by atoms with E-state index < -0.39 is 11.9 Å². The molecule has 0 bridgehead atoms. The molecule has 1 fully saturated rings. The summed E-state index contributed by atoms with van der Waals surface area (Å²) in [5.74, 6) is 0.586. The normalized spacial score (nSPS) is 14.8. The molecule has 3 heterocycles. The van der Waals surface area contributed by atoms with Crippen LogP contribution in [0.1, 0.15) is 36.0 Å². The number of rotatable bonds is 5. The summed E-state index contributed by atoms with van der Waals surface area (Å²) in [5.41, 5.74) is -0.0735. The van der Waals surface area contributed by atoms with Gasteiger partial charge in [0.2, 0.25) is 5.89 Å². The van der Waals surface area contributed by atoms with Crippen LogP contribution in [-0.4, -0.2) is 25.0 Å². The number of aromatic nitrogens is 5. The highest BCUT2D eigenvalue weighted by molar-refractivity contribution is 6.32. The second kappa shape index (κ2) is 6.39. The van der Waals surface area contributed by atoms with Crippen LogP contribution in [0.3, 0.4) is 0 Å². The predicted molar refractivity (Wildman–Crippen MR) is 85.4 cm³/mol. The van der Waals surface area contributed by atoms with Gasteiger partial charge < -0.3 is 4.42 Å². The van der Waals surface area contributed by atoms with Crippen molar-refractivity contribution in [1.29, 1.82) is 0 Å². The van der Waals surface area contributed by atoms with Gasteiger partial charge in [-0.3, -0.25) is 9.67 Å². The highest BCUT2D eigenvalue weighted by atomic mass is 35.5. The first kappa shape index (κ1) is 17.0. The molecule has 0 amide bonds. The van der Waals surface area contributed by atoms with E-state index in [1.165, 1.54) is 4.68 Å². The predicted octanol–water partition coefficient (Wildman–Crippen LogP) is 4.12. The Bertz CT molecular complexity index is 918. The van der Waals surface area contributed by atoms with Crippen molar-refractivity contribution in [2.24, 2.45) is 0 Å². The number of hydrogen-bond acceptors (Lipinski definition) is 5. The molecule has 4 rings (SSSR count). The Balaban J connectivity index is 1.54. The molecular formula is C16H13ClF3N5O. The zero-order chi connectivity index (χ0) is 18.3. The summed E-state index contributed by atoms with van der Waals surface area (Å²) >= 11 is 5.95. The first-order valence-corrected chi connectivity index (χ1v) is 8.38. The molecule has 1 saturated carbocycles. The fourth-order valence-corrected chi connectivity index (χ4v) is 3.10. The van der Waals surface area contributed by atoms with Crippen LogP contribution < -0.4 is 0 Å². The lowest BCUT2D eigenvalue weighted by Gasteiger charge is -2.04. The molecule has 0 aliphatic heterocycles. The molecule has 26 heavy (non-hydrogen) atoms. The molecular weight excluding hydrogens is 371 g/mol. The van der Waals surface area contributed by atoms with Crippen LogP contribution in [0.25, 0.3) is 11.6 Å². The first-order valence-electron chi connectivity index (χ1n) is 8.00. The van der Waals surface area contributed by atoms with Gasteiger partial charge in [0.05, 0.1) is 17.3 Å². The molecule has 6 nitrogen and oxygen atoms in total. The van der Waals surface area contributed by atoms with Crippen LogP contribution >= 0.6 is 11.6 Å². The molecule has 0 unspecified atom stereocenters. The molecule has 0 aromatic carbocycles. The fourth-order valence-electron chi connectivity index (χ4n) is 2.70. The van der Waals surface area contributed by atoms with E-state index in [1.54, 1.807) is 24.4 Å². The first-order chi connectivity index (χ1) is 12.4. The zero-order valence-electron chi connectivity index (χ0n) is 13.4. The molecule has 10 heteroatoms. The number of nitrogens with zero attached hydrogens (tertiary/aromatic N) is 5. The SMILES string of the molecule is FC(F)(F)c1nn(CCc2nnc(-c3ccccn3)o2)c(C2CC2)c1Cl. The Morgan fingerprint density at radius 3 is 2.69 bits per heavy atom. The number of alkyl halides is 3. The van der Waals surface area contributed by atoms with Crippen molar-refractivity contribution in [3.8, 4) is 11.6 Å². The van der Waals surface area contributed by atoms with E-state index in [1.807, 2.05) is 0 Å². The number of aryl methyl sites for hydroxylation is 2. The summed E-state index contributed by atoms with van der Waals surface area (Å²) in [6.45, 7) is 0.172. The van der Waals surface area contributed by atoms with Crippen LogP contribution in [0.5, 0.6) is 0 Å². The van der Waals surface area contributed by atoms with E-state index in [0.717, 1.165) is 12.8 Å². The molecule has 1 aliphatic carbocycles. The van der Waals surface area contributed by atoms with E-state index >= 15 is 0 Å². The average molecular weight is 384 g/mol. The smallest absolute Gasteiger partial charge is 0.419 e. The second-order valence-electron chi connectivity index (χ2n) is 6.01. The molecule has 0 spiro atoms. The van der Waals surface area contributed by atoms with Crippen LogP contribution in [0, 0.1) is 0 Å². The Hall–Kier alpha value is -2.42. The fraction of sp³-hybridized carbons (Fsp3) is 0.375. The monoisotopic (exact) mass is 383 g/mol. The maximum absolute atomic E-state index is 13.1. The summed E-state index contributed by atoms with van der Waals surface area (Å²) in [6, 6.07) is 5.28. The van der Waals surface area contributed by atoms with Gasteiger partial charge >= 0.3 is 6.18 Å².